The first-order chi connectivity index (χ1) is 14.7. The molecule has 0 amide bonds. The number of aromatic nitrogens is 2. The van der Waals surface area contributed by atoms with Gasteiger partial charge in [-0.1, -0.05) is 42.4 Å². The van der Waals surface area contributed by atoms with Crippen LogP contribution in [0.1, 0.15) is 30.8 Å². The number of guanidine groups is 1. The number of benzene rings is 2. The van der Waals surface area contributed by atoms with Crippen molar-refractivity contribution in [1.29, 1.82) is 0 Å². The maximum atomic E-state index is 5.68. The second-order valence-corrected chi connectivity index (χ2v) is 6.71. The lowest BCUT2D eigenvalue weighted by molar-refractivity contribution is 0.336. The molecule has 0 atom stereocenters. The van der Waals surface area contributed by atoms with Crippen molar-refractivity contribution in [3.8, 4) is 17.2 Å². The maximum Gasteiger partial charge on any atom is 0.257 e. The third-order valence-electron chi connectivity index (χ3n) is 4.63. The molecule has 2 N–H and O–H groups in total. The average molecular weight is 408 g/mol. The molecular weight excluding hydrogens is 378 g/mol. The lowest BCUT2D eigenvalue weighted by Gasteiger charge is -2.14. The van der Waals surface area contributed by atoms with Crippen molar-refractivity contribution < 1.29 is 9.26 Å². The molecule has 3 aromatic rings. The van der Waals surface area contributed by atoms with E-state index in [1.165, 1.54) is 5.56 Å². The summed E-state index contributed by atoms with van der Waals surface area (Å²) in [4.78, 5) is 8.67. The van der Waals surface area contributed by atoms with Crippen molar-refractivity contribution in [3.63, 3.8) is 0 Å². The van der Waals surface area contributed by atoms with Crippen LogP contribution in [0.3, 0.4) is 0 Å². The second kappa shape index (κ2) is 11.0. The normalized spacial score (nSPS) is 11.4. The van der Waals surface area contributed by atoms with Gasteiger partial charge in [0, 0.05) is 37.7 Å². The van der Waals surface area contributed by atoms with Crippen LogP contribution >= 0.6 is 0 Å². The Morgan fingerprint density at radius 3 is 2.57 bits per heavy atom. The van der Waals surface area contributed by atoms with Crippen molar-refractivity contribution in [2.75, 3.05) is 20.2 Å². The van der Waals surface area contributed by atoms with Crippen LogP contribution in [0.15, 0.2) is 58.0 Å². The molecule has 30 heavy (non-hydrogen) atoms. The molecular formula is C23H29N5O2. The molecule has 0 aliphatic heterocycles. The Morgan fingerprint density at radius 1 is 1.07 bits per heavy atom. The lowest BCUT2D eigenvalue weighted by atomic mass is 10.1. The predicted octanol–water partition coefficient (Wildman–Crippen LogP) is 3.61. The molecule has 0 unspecified atom stereocenters. The van der Waals surface area contributed by atoms with Crippen LogP contribution in [0.25, 0.3) is 11.5 Å². The summed E-state index contributed by atoms with van der Waals surface area (Å²) in [5, 5.41) is 10.6. The van der Waals surface area contributed by atoms with Crippen LogP contribution < -0.4 is 15.4 Å². The highest BCUT2D eigenvalue weighted by Crippen LogP contribution is 2.18. The minimum absolute atomic E-state index is 0.563. The third kappa shape index (κ3) is 5.83. The van der Waals surface area contributed by atoms with Crippen LogP contribution in [0.4, 0.5) is 0 Å². The van der Waals surface area contributed by atoms with Crippen LogP contribution in [-0.4, -0.2) is 36.3 Å². The van der Waals surface area contributed by atoms with Gasteiger partial charge >= 0.3 is 0 Å². The number of aryl methyl sites for hydroxylation is 1. The molecule has 0 aliphatic rings. The Hall–Kier alpha value is -3.35. The smallest absolute Gasteiger partial charge is 0.257 e. The van der Waals surface area contributed by atoms with Gasteiger partial charge in [-0.25, -0.2) is 0 Å². The van der Waals surface area contributed by atoms with Crippen molar-refractivity contribution in [3.05, 3.63) is 65.5 Å². The molecule has 158 valence electrons. The highest BCUT2D eigenvalue weighted by Gasteiger charge is 2.08. The Bertz CT molecular complexity index is 950. The van der Waals surface area contributed by atoms with Gasteiger partial charge in [-0.3, -0.25) is 4.99 Å². The summed E-state index contributed by atoms with van der Waals surface area (Å²) in [7, 11) is 1.77. The largest absolute Gasteiger partial charge is 0.494 e. The molecule has 7 nitrogen and oxygen atoms in total. The standard InChI is InChI=1S/C23H29N5O2/c1-4-21-27-22(30-28-21)18-12-10-17(11-13-18)14-15-25-23(24-3)26-16-19-8-6-7-9-20(19)29-5-2/h6-13H,4-5,14-16H2,1-3H3,(H2,24,25,26). The quantitative estimate of drug-likeness (QED) is 0.416. The van der Waals surface area contributed by atoms with Crippen LogP contribution in [-0.2, 0) is 19.4 Å². The van der Waals surface area contributed by atoms with Gasteiger partial charge in [0.1, 0.15) is 5.75 Å². The number of nitrogens with one attached hydrogen (secondary N) is 2. The zero-order valence-electron chi connectivity index (χ0n) is 17.8. The number of hydrogen-bond donors (Lipinski definition) is 2. The molecule has 0 bridgehead atoms. The highest BCUT2D eigenvalue weighted by molar-refractivity contribution is 5.79. The van der Waals surface area contributed by atoms with E-state index >= 15 is 0 Å². The molecule has 3 rings (SSSR count). The number of rotatable bonds is 9. The Labute approximate surface area is 177 Å². The summed E-state index contributed by atoms with van der Waals surface area (Å²) >= 11 is 0. The van der Waals surface area contributed by atoms with E-state index in [4.69, 9.17) is 9.26 Å². The minimum Gasteiger partial charge on any atom is -0.494 e. The summed E-state index contributed by atoms with van der Waals surface area (Å²) in [6.07, 6.45) is 1.64. The fourth-order valence-electron chi connectivity index (χ4n) is 3.00. The van der Waals surface area contributed by atoms with Crippen LogP contribution in [0.5, 0.6) is 5.75 Å². The summed E-state index contributed by atoms with van der Waals surface area (Å²) < 4.78 is 11.0. The molecule has 0 fully saturated rings. The van der Waals surface area contributed by atoms with Gasteiger partial charge < -0.3 is 19.9 Å². The molecule has 2 aromatic carbocycles. The SMILES string of the molecule is CCOc1ccccc1CNC(=NC)NCCc1ccc(-c2nc(CC)no2)cc1. The van der Waals surface area contributed by atoms with Crippen molar-refractivity contribution in [2.45, 2.75) is 33.2 Å². The topological polar surface area (TPSA) is 84.6 Å². The third-order valence-corrected chi connectivity index (χ3v) is 4.63. The van der Waals surface area contributed by atoms with Crippen molar-refractivity contribution in [2.24, 2.45) is 4.99 Å². The van der Waals surface area contributed by atoms with Crippen molar-refractivity contribution in [1.82, 2.24) is 20.8 Å². The van der Waals surface area contributed by atoms with E-state index in [0.717, 1.165) is 48.0 Å². The van der Waals surface area contributed by atoms with E-state index in [1.807, 2.05) is 44.2 Å². The number of ether oxygens (including phenoxy) is 1. The highest BCUT2D eigenvalue weighted by atomic mass is 16.5. The van der Waals surface area contributed by atoms with E-state index in [-0.39, 0.29) is 0 Å². The number of nitrogens with zero attached hydrogens (tertiary/aromatic N) is 3. The first-order valence-corrected chi connectivity index (χ1v) is 10.3. The van der Waals surface area contributed by atoms with Gasteiger partial charge in [0.2, 0.25) is 0 Å². The van der Waals surface area contributed by atoms with Crippen LogP contribution in [0.2, 0.25) is 0 Å². The Kier molecular flexibility index (Phi) is 7.83. The van der Waals surface area contributed by atoms with Gasteiger partial charge in [-0.15, -0.1) is 0 Å². The van der Waals surface area contributed by atoms with Gasteiger partial charge in [-0.05, 0) is 37.1 Å². The average Bonchev–Trinajstić information content (AvgIpc) is 3.27. The summed E-state index contributed by atoms with van der Waals surface area (Å²) in [6, 6.07) is 16.2. The zero-order chi connectivity index (χ0) is 21.2. The summed E-state index contributed by atoms with van der Waals surface area (Å²) in [5.41, 5.74) is 3.26. The minimum atomic E-state index is 0.563. The zero-order valence-corrected chi connectivity index (χ0v) is 17.8. The molecule has 1 heterocycles. The van der Waals surface area contributed by atoms with Gasteiger partial charge in [0.15, 0.2) is 11.8 Å². The van der Waals surface area contributed by atoms with Gasteiger partial charge in [-0.2, -0.15) is 4.98 Å². The second-order valence-electron chi connectivity index (χ2n) is 6.71. The van der Waals surface area contributed by atoms with Crippen molar-refractivity contribution >= 4 is 5.96 Å². The van der Waals surface area contributed by atoms with E-state index in [1.54, 1.807) is 7.05 Å². The Balaban J connectivity index is 1.48. The summed E-state index contributed by atoms with van der Waals surface area (Å²) in [5.74, 6) is 2.95. The molecule has 0 aliphatic carbocycles. The molecule has 0 spiro atoms. The van der Waals surface area contributed by atoms with E-state index in [0.29, 0.717) is 19.0 Å². The molecule has 1 aromatic heterocycles. The van der Waals surface area contributed by atoms with E-state index in [9.17, 15) is 0 Å². The first kappa shape index (κ1) is 21.4. The fraction of sp³-hybridized carbons (Fsp3) is 0.348. The Morgan fingerprint density at radius 2 is 1.87 bits per heavy atom. The van der Waals surface area contributed by atoms with E-state index in [2.05, 4.69) is 44.0 Å². The fourth-order valence-corrected chi connectivity index (χ4v) is 3.00. The predicted molar refractivity (Wildman–Crippen MR) is 119 cm³/mol. The summed E-state index contributed by atoms with van der Waals surface area (Å²) in [6.45, 7) is 6.06. The lowest BCUT2D eigenvalue weighted by Crippen LogP contribution is -2.37. The maximum absolute atomic E-state index is 5.68. The number of aliphatic imine (C=N–C) groups is 1. The van der Waals surface area contributed by atoms with Crippen LogP contribution in [0, 0.1) is 0 Å². The van der Waals surface area contributed by atoms with E-state index < -0.39 is 0 Å². The molecule has 0 radical (unpaired) electrons. The molecule has 0 saturated heterocycles. The number of hydrogen-bond acceptors (Lipinski definition) is 5. The van der Waals surface area contributed by atoms with Gasteiger partial charge in [0.05, 0.1) is 6.61 Å². The monoisotopic (exact) mass is 407 g/mol. The number of para-hydroxylation sites is 1. The molecule has 0 saturated carbocycles. The first-order valence-electron chi connectivity index (χ1n) is 10.3. The molecule has 7 heteroatoms. The van der Waals surface area contributed by atoms with Gasteiger partial charge in [0.25, 0.3) is 5.89 Å².